The van der Waals surface area contributed by atoms with Gasteiger partial charge < -0.3 is 15.0 Å². The van der Waals surface area contributed by atoms with Crippen molar-refractivity contribution in [3.05, 3.63) is 29.6 Å². The number of fused-ring (bicyclic) bond motifs is 1. The minimum Gasteiger partial charge on any atom is -0.481 e. The second-order valence-corrected chi connectivity index (χ2v) is 7.57. The SMILES string of the molecule is CCc1nc2cc(CNC3CCC(C(=O)O)CC3)ccc2n1C1CC1. The van der Waals surface area contributed by atoms with Crippen molar-refractivity contribution in [1.82, 2.24) is 14.9 Å². The molecule has 0 bridgehead atoms. The van der Waals surface area contributed by atoms with Crippen molar-refractivity contribution >= 4 is 17.0 Å². The molecule has 4 rings (SSSR count). The highest BCUT2D eigenvalue weighted by Crippen LogP contribution is 2.38. The van der Waals surface area contributed by atoms with E-state index in [1.165, 1.54) is 29.7 Å². The van der Waals surface area contributed by atoms with Crippen LogP contribution in [0.5, 0.6) is 0 Å². The van der Waals surface area contributed by atoms with Gasteiger partial charge in [-0.05, 0) is 56.2 Å². The first-order chi connectivity index (χ1) is 12.2. The quantitative estimate of drug-likeness (QED) is 0.841. The number of imidazole rings is 1. The van der Waals surface area contributed by atoms with Gasteiger partial charge in [0.1, 0.15) is 5.82 Å². The molecule has 0 spiro atoms. The number of hydrogen-bond acceptors (Lipinski definition) is 3. The molecule has 0 saturated heterocycles. The molecular weight excluding hydrogens is 314 g/mol. The van der Waals surface area contributed by atoms with Gasteiger partial charge in [-0.15, -0.1) is 0 Å². The molecule has 1 aromatic carbocycles. The first-order valence-electron chi connectivity index (χ1n) is 9.61. The number of hydrogen-bond donors (Lipinski definition) is 2. The van der Waals surface area contributed by atoms with Crippen LogP contribution in [-0.4, -0.2) is 26.7 Å². The Hall–Kier alpha value is -1.88. The molecule has 0 radical (unpaired) electrons. The summed E-state index contributed by atoms with van der Waals surface area (Å²) in [6.45, 7) is 3.01. The van der Waals surface area contributed by atoms with Crippen LogP contribution in [0.4, 0.5) is 0 Å². The molecule has 2 saturated carbocycles. The Morgan fingerprint density at radius 3 is 2.64 bits per heavy atom. The topological polar surface area (TPSA) is 67.2 Å². The summed E-state index contributed by atoms with van der Waals surface area (Å²) in [4.78, 5) is 15.9. The normalized spacial score (nSPS) is 23.9. The molecule has 2 fully saturated rings. The number of rotatable bonds is 6. The van der Waals surface area contributed by atoms with Crippen LogP contribution < -0.4 is 5.32 Å². The van der Waals surface area contributed by atoms with Crippen molar-refractivity contribution in [2.45, 2.75) is 70.5 Å². The lowest BCUT2D eigenvalue weighted by molar-refractivity contribution is -0.142. The van der Waals surface area contributed by atoms with E-state index in [9.17, 15) is 4.79 Å². The number of aryl methyl sites for hydroxylation is 1. The van der Waals surface area contributed by atoms with E-state index in [1.807, 2.05) is 0 Å². The van der Waals surface area contributed by atoms with Crippen molar-refractivity contribution in [2.24, 2.45) is 5.92 Å². The molecule has 5 heteroatoms. The first kappa shape index (κ1) is 16.6. The molecule has 134 valence electrons. The van der Waals surface area contributed by atoms with E-state index in [0.29, 0.717) is 12.1 Å². The zero-order chi connectivity index (χ0) is 17.4. The first-order valence-corrected chi connectivity index (χ1v) is 9.61. The van der Waals surface area contributed by atoms with Crippen molar-refractivity contribution in [3.63, 3.8) is 0 Å². The van der Waals surface area contributed by atoms with Gasteiger partial charge in [0.05, 0.1) is 17.0 Å². The van der Waals surface area contributed by atoms with Gasteiger partial charge in [-0.2, -0.15) is 0 Å². The number of nitrogens with one attached hydrogen (secondary N) is 1. The highest BCUT2D eigenvalue weighted by atomic mass is 16.4. The fraction of sp³-hybridized carbons (Fsp3) is 0.600. The molecule has 0 atom stereocenters. The third kappa shape index (κ3) is 3.43. The van der Waals surface area contributed by atoms with Crippen LogP contribution in [0.2, 0.25) is 0 Å². The molecule has 1 heterocycles. The summed E-state index contributed by atoms with van der Waals surface area (Å²) in [5.74, 6) is 0.421. The molecule has 0 unspecified atom stereocenters. The fourth-order valence-electron chi connectivity index (χ4n) is 4.10. The molecule has 1 aromatic heterocycles. The number of carboxylic acid groups (broad SMARTS) is 1. The lowest BCUT2D eigenvalue weighted by atomic mass is 9.86. The van der Waals surface area contributed by atoms with Gasteiger partial charge in [-0.3, -0.25) is 4.79 Å². The van der Waals surface area contributed by atoms with Gasteiger partial charge >= 0.3 is 5.97 Å². The Kier molecular flexibility index (Phi) is 4.50. The molecule has 0 amide bonds. The van der Waals surface area contributed by atoms with Gasteiger partial charge in [0.25, 0.3) is 0 Å². The van der Waals surface area contributed by atoms with Crippen molar-refractivity contribution < 1.29 is 9.90 Å². The van der Waals surface area contributed by atoms with Crippen LogP contribution in [0.1, 0.15) is 62.9 Å². The van der Waals surface area contributed by atoms with Gasteiger partial charge in [0.2, 0.25) is 0 Å². The van der Waals surface area contributed by atoms with E-state index < -0.39 is 5.97 Å². The maximum Gasteiger partial charge on any atom is 0.306 e. The van der Waals surface area contributed by atoms with Crippen molar-refractivity contribution in [2.75, 3.05) is 0 Å². The molecule has 25 heavy (non-hydrogen) atoms. The summed E-state index contributed by atoms with van der Waals surface area (Å²) in [7, 11) is 0. The monoisotopic (exact) mass is 341 g/mol. The summed E-state index contributed by atoms with van der Waals surface area (Å²) in [5.41, 5.74) is 3.64. The maximum absolute atomic E-state index is 11.0. The Labute approximate surface area is 148 Å². The average Bonchev–Trinajstić information content (AvgIpc) is 3.40. The lowest BCUT2D eigenvalue weighted by Gasteiger charge is -2.27. The summed E-state index contributed by atoms with van der Waals surface area (Å²) in [5, 5.41) is 12.7. The molecule has 2 aromatic rings. The zero-order valence-corrected chi connectivity index (χ0v) is 14.9. The van der Waals surface area contributed by atoms with Crippen LogP contribution in [0.15, 0.2) is 18.2 Å². The van der Waals surface area contributed by atoms with Gasteiger partial charge in [0.15, 0.2) is 0 Å². The third-order valence-corrected chi connectivity index (χ3v) is 5.73. The van der Waals surface area contributed by atoms with Crippen LogP contribution >= 0.6 is 0 Å². The van der Waals surface area contributed by atoms with Crippen LogP contribution in [0.3, 0.4) is 0 Å². The van der Waals surface area contributed by atoms with Crippen LogP contribution in [0.25, 0.3) is 11.0 Å². The number of nitrogens with zero attached hydrogens (tertiary/aromatic N) is 2. The fourth-order valence-corrected chi connectivity index (χ4v) is 4.10. The second kappa shape index (κ2) is 6.79. The number of carboxylic acids is 1. The largest absolute Gasteiger partial charge is 0.481 e. The van der Waals surface area contributed by atoms with E-state index in [-0.39, 0.29) is 5.92 Å². The van der Waals surface area contributed by atoms with Gasteiger partial charge in [0, 0.05) is 25.0 Å². The van der Waals surface area contributed by atoms with E-state index in [1.54, 1.807) is 0 Å². The predicted octanol–water partition coefficient (Wildman–Crippen LogP) is 3.67. The molecule has 2 N–H and O–H groups in total. The van der Waals surface area contributed by atoms with E-state index >= 15 is 0 Å². The Balaban J connectivity index is 1.41. The van der Waals surface area contributed by atoms with Gasteiger partial charge in [-0.1, -0.05) is 13.0 Å². The summed E-state index contributed by atoms with van der Waals surface area (Å²) in [6, 6.07) is 7.73. The smallest absolute Gasteiger partial charge is 0.306 e. The molecule has 0 aliphatic heterocycles. The number of carbonyl (C=O) groups is 1. The van der Waals surface area contributed by atoms with Crippen LogP contribution in [0, 0.1) is 5.92 Å². The standard InChI is InChI=1S/C20H27N3O2/c1-2-19-22-17-11-13(3-10-18(17)23(19)16-8-9-16)12-21-15-6-4-14(5-7-15)20(24)25/h3,10-11,14-16,21H,2,4-9,12H2,1H3,(H,24,25). The number of aliphatic carboxylic acids is 1. The second-order valence-electron chi connectivity index (χ2n) is 7.57. The van der Waals surface area contributed by atoms with Crippen molar-refractivity contribution in [1.29, 1.82) is 0 Å². The highest BCUT2D eigenvalue weighted by Gasteiger charge is 2.28. The summed E-state index contributed by atoms with van der Waals surface area (Å²) >= 11 is 0. The molecule has 2 aliphatic carbocycles. The number of aromatic nitrogens is 2. The minimum atomic E-state index is -0.637. The highest BCUT2D eigenvalue weighted by molar-refractivity contribution is 5.77. The Morgan fingerprint density at radius 1 is 1.24 bits per heavy atom. The Morgan fingerprint density at radius 2 is 2.00 bits per heavy atom. The van der Waals surface area contributed by atoms with E-state index in [4.69, 9.17) is 10.1 Å². The molecular formula is C20H27N3O2. The predicted molar refractivity (Wildman–Crippen MR) is 97.6 cm³/mol. The summed E-state index contributed by atoms with van der Waals surface area (Å²) in [6.07, 6.45) is 7.02. The van der Waals surface area contributed by atoms with Crippen molar-refractivity contribution in [3.8, 4) is 0 Å². The molecule has 2 aliphatic rings. The number of benzene rings is 1. The van der Waals surface area contributed by atoms with E-state index in [0.717, 1.165) is 44.2 Å². The lowest BCUT2D eigenvalue weighted by Crippen LogP contribution is -2.34. The summed E-state index contributed by atoms with van der Waals surface area (Å²) < 4.78 is 2.43. The van der Waals surface area contributed by atoms with Gasteiger partial charge in [-0.25, -0.2) is 4.98 Å². The minimum absolute atomic E-state index is 0.145. The average molecular weight is 341 g/mol. The maximum atomic E-state index is 11.0. The molecule has 5 nitrogen and oxygen atoms in total. The zero-order valence-electron chi connectivity index (χ0n) is 14.9. The van der Waals surface area contributed by atoms with Crippen LogP contribution in [-0.2, 0) is 17.8 Å². The van der Waals surface area contributed by atoms with E-state index in [2.05, 4.69) is 35.0 Å². The Bertz CT molecular complexity index is 771. The third-order valence-electron chi connectivity index (χ3n) is 5.73.